The number of carbonyl (C=O) groups is 1. The molecule has 26 heavy (non-hydrogen) atoms. The van der Waals surface area contributed by atoms with Crippen LogP contribution in [0.2, 0.25) is 18.1 Å². The third kappa shape index (κ3) is 2.33. The van der Waals surface area contributed by atoms with Crippen LogP contribution in [0, 0.1) is 22.7 Å². The highest BCUT2D eigenvalue weighted by atomic mass is 28.4. The van der Waals surface area contributed by atoms with E-state index in [-0.39, 0.29) is 21.8 Å². The minimum Gasteiger partial charge on any atom is -0.417 e. The lowest BCUT2D eigenvalue weighted by Crippen LogP contribution is -2.61. The Kier molecular flexibility index (Phi) is 4.15. The van der Waals surface area contributed by atoms with Gasteiger partial charge in [-0.25, -0.2) is 0 Å². The predicted octanol–water partition coefficient (Wildman–Crippen LogP) is 4.54. The number of hydrogen-bond donors (Lipinski definition) is 0. The molecule has 0 aromatic rings. The Balaban J connectivity index is 1.61. The van der Waals surface area contributed by atoms with Gasteiger partial charge in [-0.2, -0.15) is 0 Å². The van der Waals surface area contributed by atoms with Crippen LogP contribution in [0.15, 0.2) is 0 Å². The lowest BCUT2D eigenvalue weighted by Gasteiger charge is -2.58. The van der Waals surface area contributed by atoms with Gasteiger partial charge in [0.25, 0.3) is 0 Å². The molecule has 1 heterocycles. The topological polar surface area (TPSA) is 44.8 Å². The number of carbonyl (C=O) groups excluding carboxylic acids is 1. The van der Waals surface area contributed by atoms with Crippen molar-refractivity contribution in [3.8, 4) is 0 Å². The smallest absolute Gasteiger partial charge is 0.191 e. The van der Waals surface area contributed by atoms with Crippen molar-refractivity contribution >= 4 is 14.1 Å². The van der Waals surface area contributed by atoms with Crippen LogP contribution in [-0.2, 0) is 18.7 Å². The third-order valence-electron chi connectivity index (χ3n) is 8.89. The highest BCUT2D eigenvalue weighted by Gasteiger charge is 2.79. The van der Waals surface area contributed by atoms with E-state index in [1.807, 2.05) is 0 Å². The molecule has 5 heteroatoms. The molecule has 3 saturated carbocycles. The van der Waals surface area contributed by atoms with Crippen LogP contribution in [0.25, 0.3) is 0 Å². The Bertz CT molecular complexity index is 604. The molecule has 0 bridgehead atoms. The van der Waals surface area contributed by atoms with E-state index in [9.17, 15) is 4.79 Å². The molecular weight excluding hydrogens is 344 g/mol. The number of Topliss-reactive ketones (excluding diaryl/α,β-unsaturated/α-hetero) is 1. The van der Waals surface area contributed by atoms with Crippen molar-refractivity contribution in [3.05, 3.63) is 0 Å². The SMILES string of the molecule is CC(C)(C)[Si](C)(C)OC[C@@H]1CCC2(OCCO2)[C@]2(C)CCC(=O)[C@@H]3C[C@@]132. The number of ether oxygens (including phenoxy) is 2. The van der Waals surface area contributed by atoms with E-state index in [1.54, 1.807) is 0 Å². The van der Waals surface area contributed by atoms with E-state index in [1.165, 1.54) is 0 Å². The van der Waals surface area contributed by atoms with Gasteiger partial charge in [-0.05, 0) is 48.7 Å². The van der Waals surface area contributed by atoms with Crippen LogP contribution >= 0.6 is 0 Å². The summed E-state index contributed by atoms with van der Waals surface area (Å²) < 4.78 is 19.2. The molecule has 4 aliphatic rings. The predicted molar refractivity (Wildman–Crippen MR) is 103 cm³/mol. The monoisotopic (exact) mass is 380 g/mol. The molecule has 0 radical (unpaired) electrons. The first-order valence-corrected chi connectivity index (χ1v) is 13.3. The molecule has 0 unspecified atom stereocenters. The lowest BCUT2D eigenvalue weighted by atomic mass is 9.52. The molecule has 0 N–H and O–H groups in total. The summed E-state index contributed by atoms with van der Waals surface area (Å²) in [5.41, 5.74) is -0.0257. The Morgan fingerprint density at radius 3 is 2.46 bits per heavy atom. The summed E-state index contributed by atoms with van der Waals surface area (Å²) in [6.45, 7) is 16.1. The minimum absolute atomic E-state index is 0.0350. The zero-order valence-corrected chi connectivity index (χ0v) is 18.4. The first-order valence-electron chi connectivity index (χ1n) is 10.4. The van der Waals surface area contributed by atoms with Crippen LogP contribution < -0.4 is 0 Å². The molecule has 0 aromatic carbocycles. The van der Waals surface area contributed by atoms with Crippen LogP contribution in [0.4, 0.5) is 0 Å². The molecule has 3 aliphatic carbocycles. The molecule has 4 atom stereocenters. The fraction of sp³-hybridized carbons (Fsp3) is 0.952. The second-order valence-corrected chi connectivity index (χ2v) is 15.7. The molecule has 4 fully saturated rings. The summed E-state index contributed by atoms with van der Waals surface area (Å²) in [6.07, 6.45) is 4.60. The normalized spacial score (nSPS) is 41.8. The van der Waals surface area contributed by atoms with E-state index >= 15 is 0 Å². The van der Waals surface area contributed by atoms with Crippen molar-refractivity contribution in [2.24, 2.45) is 22.7 Å². The highest BCUT2D eigenvalue weighted by molar-refractivity contribution is 6.74. The summed E-state index contributed by atoms with van der Waals surface area (Å²) in [6, 6.07) is 0. The fourth-order valence-corrected chi connectivity index (χ4v) is 7.14. The second kappa shape index (κ2) is 5.65. The molecule has 1 saturated heterocycles. The van der Waals surface area contributed by atoms with Crippen molar-refractivity contribution in [3.63, 3.8) is 0 Å². The maximum Gasteiger partial charge on any atom is 0.191 e. The van der Waals surface area contributed by atoms with Gasteiger partial charge in [0.15, 0.2) is 14.1 Å². The van der Waals surface area contributed by atoms with Crippen LogP contribution in [0.3, 0.4) is 0 Å². The standard InChI is InChI=1S/C21H36O4Si/c1-18(2,3)26(5,6)25-14-15-7-10-21(23-11-12-24-21)19(4)9-8-17(22)16-13-20(15,16)19/h15-16H,7-14H2,1-6H3/t15-,16-,19+,20+/m0/s1. The van der Waals surface area contributed by atoms with Crippen molar-refractivity contribution in [1.82, 2.24) is 0 Å². The first kappa shape index (κ1) is 19.1. The van der Waals surface area contributed by atoms with Gasteiger partial charge in [0, 0.05) is 30.8 Å². The lowest BCUT2D eigenvalue weighted by molar-refractivity contribution is -0.292. The summed E-state index contributed by atoms with van der Waals surface area (Å²) in [4.78, 5) is 12.6. The van der Waals surface area contributed by atoms with Gasteiger partial charge in [0.1, 0.15) is 5.78 Å². The maximum absolute atomic E-state index is 12.6. The minimum atomic E-state index is -1.79. The van der Waals surface area contributed by atoms with Crippen molar-refractivity contribution in [2.75, 3.05) is 19.8 Å². The molecule has 0 amide bonds. The molecule has 0 aromatic heterocycles. The molecule has 4 nitrogen and oxygen atoms in total. The van der Waals surface area contributed by atoms with Crippen LogP contribution in [0.1, 0.15) is 59.8 Å². The van der Waals surface area contributed by atoms with E-state index < -0.39 is 14.1 Å². The fourth-order valence-electron chi connectivity index (χ4n) is 6.09. The van der Waals surface area contributed by atoms with Gasteiger partial charge in [-0.15, -0.1) is 0 Å². The summed E-state index contributed by atoms with van der Waals surface area (Å²) in [5.74, 6) is 0.666. The molecular formula is C21H36O4Si. The summed E-state index contributed by atoms with van der Waals surface area (Å²) in [5, 5.41) is 0.215. The Labute approximate surface area is 159 Å². The zero-order valence-electron chi connectivity index (χ0n) is 17.4. The van der Waals surface area contributed by atoms with Crippen molar-refractivity contribution < 1.29 is 18.7 Å². The third-order valence-corrected chi connectivity index (χ3v) is 13.4. The largest absolute Gasteiger partial charge is 0.417 e. The van der Waals surface area contributed by atoms with Gasteiger partial charge in [-0.1, -0.05) is 27.7 Å². The highest BCUT2D eigenvalue weighted by Crippen LogP contribution is 2.78. The number of fused-ring (bicyclic) bond motifs is 1. The Hall–Kier alpha value is -0.233. The Morgan fingerprint density at radius 2 is 1.85 bits per heavy atom. The molecule has 2 spiro atoms. The number of hydrogen-bond acceptors (Lipinski definition) is 4. The van der Waals surface area contributed by atoms with Gasteiger partial charge in [-0.3, -0.25) is 4.79 Å². The number of rotatable bonds is 3. The van der Waals surface area contributed by atoms with E-state index in [0.29, 0.717) is 31.3 Å². The number of ketones is 1. The van der Waals surface area contributed by atoms with Gasteiger partial charge in [0.05, 0.1) is 13.2 Å². The van der Waals surface area contributed by atoms with Gasteiger partial charge in [0.2, 0.25) is 0 Å². The average molecular weight is 381 g/mol. The Morgan fingerprint density at radius 1 is 1.19 bits per heavy atom. The molecule has 1 aliphatic heterocycles. The first-order chi connectivity index (χ1) is 12.0. The molecule has 148 valence electrons. The zero-order chi connectivity index (χ0) is 19.0. The van der Waals surface area contributed by atoms with E-state index in [2.05, 4.69) is 40.8 Å². The van der Waals surface area contributed by atoms with Gasteiger partial charge < -0.3 is 13.9 Å². The van der Waals surface area contributed by atoms with E-state index in [0.717, 1.165) is 32.3 Å². The average Bonchev–Trinajstić information content (AvgIpc) is 3.14. The van der Waals surface area contributed by atoms with Gasteiger partial charge >= 0.3 is 0 Å². The summed E-state index contributed by atoms with van der Waals surface area (Å²) >= 11 is 0. The quantitative estimate of drug-likeness (QED) is 0.675. The van der Waals surface area contributed by atoms with Crippen molar-refractivity contribution in [1.29, 1.82) is 0 Å². The molecule has 4 rings (SSSR count). The summed E-state index contributed by atoms with van der Waals surface area (Å²) in [7, 11) is -1.79. The van der Waals surface area contributed by atoms with Crippen molar-refractivity contribution in [2.45, 2.75) is 83.7 Å². The van der Waals surface area contributed by atoms with E-state index in [4.69, 9.17) is 13.9 Å². The van der Waals surface area contributed by atoms with Crippen LogP contribution in [0.5, 0.6) is 0 Å². The maximum atomic E-state index is 12.6. The second-order valence-electron chi connectivity index (χ2n) is 10.9. The van der Waals surface area contributed by atoms with Crippen LogP contribution in [-0.4, -0.2) is 39.7 Å².